The highest BCUT2D eigenvalue weighted by Gasteiger charge is 2.30. The van der Waals surface area contributed by atoms with E-state index in [4.69, 9.17) is 14.2 Å². The zero-order chi connectivity index (χ0) is 17.2. The van der Waals surface area contributed by atoms with Crippen molar-refractivity contribution in [3.05, 3.63) is 0 Å². The minimum atomic E-state index is -0.496. The van der Waals surface area contributed by atoms with Crippen LogP contribution in [0.2, 0.25) is 0 Å². The van der Waals surface area contributed by atoms with Gasteiger partial charge in [0.15, 0.2) is 0 Å². The molecule has 1 unspecified atom stereocenters. The van der Waals surface area contributed by atoms with E-state index in [0.29, 0.717) is 31.6 Å². The SMILES string of the molecule is CCCOCCOC(C)(CBr)CN(CC)C(=O)OC(C)(C)C. The van der Waals surface area contributed by atoms with Crippen molar-refractivity contribution in [1.82, 2.24) is 4.90 Å². The zero-order valence-electron chi connectivity index (χ0n) is 14.9. The van der Waals surface area contributed by atoms with Gasteiger partial charge in [-0.2, -0.15) is 0 Å². The molecule has 0 radical (unpaired) electrons. The Morgan fingerprint density at radius 1 is 1.09 bits per heavy atom. The number of halogens is 1. The van der Waals surface area contributed by atoms with E-state index in [9.17, 15) is 4.79 Å². The van der Waals surface area contributed by atoms with E-state index in [1.54, 1.807) is 4.90 Å². The lowest BCUT2D eigenvalue weighted by atomic mass is 10.1. The quantitative estimate of drug-likeness (QED) is 0.426. The predicted molar refractivity (Wildman–Crippen MR) is 92.7 cm³/mol. The van der Waals surface area contributed by atoms with Gasteiger partial charge in [-0.1, -0.05) is 22.9 Å². The van der Waals surface area contributed by atoms with Crippen molar-refractivity contribution in [3.8, 4) is 0 Å². The Hall–Kier alpha value is -0.330. The van der Waals surface area contributed by atoms with Crippen molar-refractivity contribution in [1.29, 1.82) is 0 Å². The van der Waals surface area contributed by atoms with Gasteiger partial charge in [-0.25, -0.2) is 4.79 Å². The molecule has 0 heterocycles. The summed E-state index contributed by atoms with van der Waals surface area (Å²) in [7, 11) is 0. The summed E-state index contributed by atoms with van der Waals surface area (Å²) in [6.45, 7) is 14.4. The smallest absolute Gasteiger partial charge is 0.410 e. The number of likely N-dealkylation sites (N-methyl/N-ethyl adjacent to an activating group) is 1. The molecule has 5 nitrogen and oxygen atoms in total. The molecule has 0 bridgehead atoms. The lowest BCUT2D eigenvalue weighted by molar-refractivity contribution is -0.0608. The van der Waals surface area contributed by atoms with E-state index < -0.39 is 11.2 Å². The van der Waals surface area contributed by atoms with Gasteiger partial charge >= 0.3 is 6.09 Å². The largest absolute Gasteiger partial charge is 0.444 e. The summed E-state index contributed by atoms with van der Waals surface area (Å²) >= 11 is 3.48. The molecule has 0 fully saturated rings. The molecule has 0 spiro atoms. The van der Waals surface area contributed by atoms with Gasteiger partial charge in [0.1, 0.15) is 5.60 Å². The summed E-state index contributed by atoms with van der Waals surface area (Å²) in [4.78, 5) is 13.9. The van der Waals surface area contributed by atoms with E-state index in [0.717, 1.165) is 13.0 Å². The third-order valence-electron chi connectivity index (χ3n) is 2.87. The number of amides is 1. The number of nitrogens with zero attached hydrogens (tertiary/aromatic N) is 1. The van der Waals surface area contributed by atoms with E-state index in [2.05, 4.69) is 22.9 Å². The number of carbonyl (C=O) groups excluding carboxylic acids is 1. The molecule has 22 heavy (non-hydrogen) atoms. The van der Waals surface area contributed by atoms with Crippen molar-refractivity contribution in [3.63, 3.8) is 0 Å². The van der Waals surface area contributed by atoms with Crippen LogP contribution in [0.4, 0.5) is 4.79 Å². The number of carbonyl (C=O) groups is 1. The molecule has 0 saturated carbocycles. The standard InChI is InChI=1S/C16H32BrNO4/c1-7-9-20-10-11-21-16(6,12-17)13-18(8-2)14(19)22-15(3,4)5/h7-13H2,1-6H3. The fraction of sp³-hybridized carbons (Fsp3) is 0.938. The summed E-state index contributed by atoms with van der Waals surface area (Å²) in [6, 6.07) is 0. The van der Waals surface area contributed by atoms with E-state index in [1.807, 2.05) is 34.6 Å². The van der Waals surface area contributed by atoms with Crippen LogP contribution in [0, 0.1) is 0 Å². The molecule has 0 aliphatic carbocycles. The molecule has 6 heteroatoms. The Kier molecular flexibility index (Phi) is 10.3. The predicted octanol–water partition coefficient (Wildman–Crippen LogP) is 3.84. The Bertz CT molecular complexity index is 320. The number of rotatable bonds is 10. The molecule has 0 aromatic rings. The summed E-state index contributed by atoms with van der Waals surface area (Å²) in [5, 5.41) is 0.632. The lowest BCUT2D eigenvalue weighted by Gasteiger charge is -2.34. The van der Waals surface area contributed by atoms with Crippen LogP contribution in [0.3, 0.4) is 0 Å². The first-order chi connectivity index (χ1) is 10.2. The van der Waals surface area contributed by atoms with Crippen LogP contribution < -0.4 is 0 Å². The highest BCUT2D eigenvalue weighted by atomic mass is 79.9. The van der Waals surface area contributed by atoms with Gasteiger partial charge < -0.3 is 19.1 Å². The minimum absolute atomic E-state index is 0.312. The highest BCUT2D eigenvalue weighted by Crippen LogP contribution is 2.18. The maximum absolute atomic E-state index is 12.2. The molecule has 0 rings (SSSR count). The Balaban J connectivity index is 4.48. The zero-order valence-corrected chi connectivity index (χ0v) is 16.5. The Morgan fingerprint density at radius 3 is 2.18 bits per heavy atom. The number of hydrogen-bond acceptors (Lipinski definition) is 4. The number of hydrogen-bond donors (Lipinski definition) is 0. The second-order valence-electron chi connectivity index (χ2n) is 6.54. The first-order valence-corrected chi connectivity index (χ1v) is 9.05. The molecule has 1 amide bonds. The topological polar surface area (TPSA) is 48.0 Å². The Morgan fingerprint density at radius 2 is 1.73 bits per heavy atom. The fourth-order valence-corrected chi connectivity index (χ4v) is 2.09. The van der Waals surface area contributed by atoms with Crippen LogP contribution in [0.15, 0.2) is 0 Å². The average Bonchev–Trinajstić information content (AvgIpc) is 2.42. The first-order valence-electron chi connectivity index (χ1n) is 7.93. The van der Waals surface area contributed by atoms with E-state index in [1.165, 1.54) is 0 Å². The monoisotopic (exact) mass is 381 g/mol. The van der Waals surface area contributed by atoms with Crippen molar-refractivity contribution in [2.45, 2.75) is 59.2 Å². The minimum Gasteiger partial charge on any atom is -0.444 e. The van der Waals surface area contributed by atoms with E-state index >= 15 is 0 Å². The van der Waals surface area contributed by atoms with Gasteiger partial charge in [0, 0.05) is 18.5 Å². The molecule has 0 aliphatic heterocycles. The third kappa shape index (κ3) is 9.64. The van der Waals surface area contributed by atoms with Gasteiger partial charge in [0.2, 0.25) is 0 Å². The molecule has 0 aromatic heterocycles. The molecule has 0 saturated heterocycles. The molecule has 0 aromatic carbocycles. The van der Waals surface area contributed by atoms with Crippen molar-refractivity contribution in [2.75, 3.05) is 38.2 Å². The third-order valence-corrected chi connectivity index (χ3v) is 4.05. The van der Waals surface area contributed by atoms with Gasteiger partial charge in [-0.15, -0.1) is 0 Å². The second-order valence-corrected chi connectivity index (χ2v) is 7.10. The van der Waals surface area contributed by atoms with Gasteiger partial charge in [0.25, 0.3) is 0 Å². The second kappa shape index (κ2) is 10.4. The van der Waals surface area contributed by atoms with Crippen LogP contribution in [-0.4, -0.2) is 60.4 Å². The van der Waals surface area contributed by atoms with Gasteiger partial charge in [-0.3, -0.25) is 0 Å². The van der Waals surface area contributed by atoms with Crippen LogP contribution in [0.25, 0.3) is 0 Å². The highest BCUT2D eigenvalue weighted by molar-refractivity contribution is 9.09. The molecule has 0 aliphatic rings. The summed E-state index contributed by atoms with van der Waals surface area (Å²) in [5.41, 5.74) is -0.966. The molecule has 1 atom stereocenters. The lowest BCUT2D eigenvalue weighted by Crippen LogP contribution is -2.48. The van der Waals surface area contributed by atoms with Crippen molar-refractivity contribution in [2.24, 2.45) is 0 Å². The number of alkyl halides is 1. The molecular weight excluding hydrogens is 350 g/mol. The maximum Gasteiger partial charge on any atom is 0.410 e. The van der Waals surface area contributed by atoms with Gasteiger partial charge in [0.05, 0.1) is 25.4 Å². The van der Waals surface area contributed by atoms with E-state index in [-0.39, 0.29) is 6.09 Å². The van der Waals surface area contributed by atoms with Crippen molar-refractivity contribution >= 4 is 22.0 Å². The molecular formula is C16H32BrNO4. The van der Waals surface area contributed by atoms with Crippen LogP contribution in [-0.2, 0) is 14.2 Å². The normalized spacial score (nSPS) is 14.5. The van der Waals surface area contributed by atoms with Crippen LogP contribution in [0.5, 0.6) is 0 Å². The van der Waals surface area contributed by atoms with Crippen molar-refractivity contribution < 1.29 is 19.0 Å². The molecule has 0 N–H and O–H groups in total. The molecule has 132 valence electrons. The van der Waals surface area contributed by atoms with Crippen LogP contribution >= 0.6 is 15.9 Å². The Labute approximate surface area is 143 Å². The summed E-state index contributed by atoms with van der Waals surface area (Å²) in [5.74, 6) is 0. The van der Waals surface area contributed by atoms with Gasteiger partial charge in [-0.05, 0) is 41.0 Å². The maximum atomic E-state index is 12.2. The fourth-order valence-electron chi connectivity index (χ4n) is 1.76. The summed E-state index contributed by atoms with van der Waals surface area (Å²) < 4.78 is 16.8. The first kappa shape index (κ1) is 21.7. The average molecular weight is 382 g/mol. The number of ether oxygens (including phenoxy) is 3. The van der Waals surface area contributed by atoms with Crippen LogP contribution in [0.1, 0.15) is 48.0 Å². The summed E-state index contributed by atoms with van der Waals surface area (Å²) in [6.07, 6.45) is 0.686.